The summed E-state index contributed by atoms with van der Waals surface area (Å²) >= 11 is 0. The monoisotopic (exact) mass is 408 g/mol. The van der Waals surface area contributed by atoms with E-state index in [1.807, 2.05) is 6.92 Å². The highest BCUT2D eigenvalue weighted by Crippen LogP contribution is 2.29. The molecule has 2 aromatic rings. The van der Waals surface area contributed by atoms with E-state index in [0.717, 1.165) is 0 Å². The Bertz CT molecular complexity index is 905. The summed E-state index contributed by atoms with van der Waals surface area (Å²) in [5.74, 6) is 0.697. The molecule has 1 atom stereocenters. The summed E-state index contributed by atoms with van der Waals surface area (Å²) < 4.78 is 45.2. The van der Waals surface area contributed by atoms with E-state index in [1.165, 1.54) is 25.3 Å². The van der Waals surface area contributed by atoms with Gasteiger partial charge in [-0.2, -0.15) is 0 Å². The minimum atomic E-state index is -3.28. The Balaban J connectivity index is 2.29. The SMILES string of the molecule is CCS(=O)(=O)c1ccc(Oc2cc(OC(C)COC)cc(C(=O)OC)c2)cc1. The summed E-state index contributed by atoms with van der Waals surface area (Å²) in [6, 6.07) is 10.8. The van der Waals surface area contributed by atoms with Crippen LogP contribution in [0.1, 0.15) is 24.2 Å². The van der Waals surface area contributed by atoms with Crippen molar-refractivity contribution in [2.45, 2.75) is 24.8 Å². The molecule has 0 aliphatic heterocycles. The van der Waals surface area contributed by atoms with Crippen molar-refractivity contribution in [3.8, 4) is 17.2 Å². The number of hydrogen-bond donors (Lipinski definition) is 0. The van der Waals surface area contributed by atoms with Crippen LogP contribution in [0.5, 0.6) is 17.2 Å². The quantitative estimate of drug-likeness (QED) is 0.587. The molecule has 2 rings (SSSR count). The van der Waals surface area contributed by atoms with E-state index >= 15 is 0 Å². The van der Waals surface area contributed by atoms with Gasteiger partial charge in [0.15, 0.2) is 9.84 Å². The molecule has 0 heterocycles. The summed E-state index contributed by atoms with van der Waals surface area (Å²) in [7, 11) is -0.424. The summed E-state index contributed by atoms with van der Waals surface area (Å²) in [5, 5.41) is 0. The lowest BCUT2D eigenvalue weighted by molar-refractivity contribution is 0.0598. The molecule has 0 amide bonds. The molecule has 0 saturated heterocycles. The van der Waals surface area contributed by atoms with Gasteiger partial charge in [0.05, 0.1) is 29.9 Å². The third-order valence-electron chi connectivity index (χ3n) is 3.84. The molecule has 152 valence electrons. The molecule has 0 saturated carbocycles. The van der Waals surface area contributed by atoms with Crippen LogP contribution in [0, 0.1) is 0 Å². The summed E-state index contributed by atoms with van der Waals surface area (Å²) in [6.07, 6.45) is -0.232. The first-order valence-electron chi connectivity index (χ1n) is 8.68. The zero-order chi connectivity index (χ0) is 20.7. The maximum Gasteiger partial charge on any atom is 0.338 e. The van der Waals surface area contributed by atoms with Crippen molar-refractivity contribution in [1.29, 1.82) is 0 Å². The second-order valence-electron chi connectivity index (χ2n) is 6.05. The molecule has 1 unspecified atom stereocenters. The predicted molar refractivity (Wildman–Crippen MR) is 104 cm³/mol. The Morgan fingerprint density at radius 1 is 1.00 bits per heavy atom. The van der Waals surface area contributed by atoms with E-state index in [9.17, 15) is 13.2 Å². The third-order valence-corrected chi connectivity index (χ3v) is 5.59. The number of benzene rings is 2. The van der Waals surface area contributed by atoms with Crippen LogP contribution in [0.2, 0.25) is 0 Å². The first kappa shape index (κ1) is 21.7. The Labute approximate surface area is 165 Å². The largest absolute Gasteiger partial charge is 0.488 e. The minimum absolute atomic E-state index is 0.0226. The molecule has 2 aromatic carbocycles. The van der Waals surface area contributed by atoms with Crippen molar-refractivity contribution < 1.29 is 32.2 Å². The zero-order valence-corrected chi connectivity index (χ0v) is 17.1. The lowest BCUT2D eigenvalue weighted by Crippen LogP contribution is -2.18. The van der Waals surface area contributed by atoms with E-state index in [1.54, 1.807) is 38.3 Å². The van der Waals surface area contributed by atoms with Crippen LogP contribution in [0.4, 0.5) is 0 Å². The molecule has 0 N–H and O–H groups in total. The van der Waals surface area contributed by atoms with Gasteiger partial charge >= 0.3 is 5.97 Å². The third kappa shape index (κ3) is 5.71. The summed E-state index contributed by atoms with van der Waals surface area (Å²) in [4.78, 5) is 12.2. The average molecular weight is 408 g/mol. The minimum Gasteiger partial charge on any atom is -0.488 e. The van der Waals surface area contributed by atoms with Crippen molar-refractivity contribution in [3.05, 3.63) is 48.0 Å². The molecule has 0 aliphatic rings. The van der Waals surface area contributed by atoms with Gasteiger partial charge < -0.3 is 18.9 Å². The lowest BCUT2D eigenvalue weighted by atomic mass is 10.2. The van der Waals surface area contributed by atoms with Crippen molar-refractivity contribution in [2.75, 3.05) is 26.6 Å². The van der Waals surface area contributed by atoms with Gasteiger partial charge in [-0.25, -0.2) is 13.2 Å². The van der Waals surface area contributed by atoms with Crippen LogP contribution in [0.15, 0.2) is 47.4 Å². The number of esters is 1. The molecule has 8 heteroatoms. The highest BCUT2D eigenvalue weighted by Gasteiger charge is 2.14. The van der Waals surface area contributed by atoms with Gasteiger partial charge in [0.1, 0.15) is 23.4 Å². The van der Waals surface area contributed by atoms with Gasteiger partial charge in [0.2, 0.25) is 0 Å². The Kier molecular flexibility index (Phi) is 7.42. The molecular formula is C20H24O7S. The standard InChI is InChI=1S/C20H24O7S/c1-5-28(22,23)19-8-6-16(7-9-19)27-18-11-15(20(21)25-4)10-17(12-18)26-14(2)13-24-3/h6-12,14H,5,13H2,1-4H3. The Hall–Kier alpha value is -2.58. The average Bonchev–Trinajstić information content (AvgIpc) is 2.67. The number of carbonyl (C=O) groups excluding carboxylic acids is 1. The molecular weight excluding hydrogens is 384 g/mol. The van der Waals surface area contributed by atoms with Gasteiger partial charge in [-0.05, 0) is 43.3 Å². The van der Waals surface area contributed by atoms with Gasteiger partial charge in [-0.1, -0.05) is 6.92 Å². The van der Waals surface area contributed by atoms with Crippen LogP contribution in [-0.2, 0) is 19.3 Å². The Morgan fingerprint density at radius 2 is 1.64 bits per heavy atom. The van der Waals surface area contributed by atoms with E-state index in [2.05, 4.69) is 0 Å². The summed E-state index contributed by atoms with van der Waals surface area (Å²) in [5.41, 5.74) is 0.268. The molecule has 0 radical (unpaired) electrons. The maximum absolute atomic E-state index is 11.9. The van der Waals surface area contributed by atoms with Gasteiger partial charge in [0, 0.05) is 13.2 Å². The fourth-order valence-electron chi connectivity index (χ4n) is 2.45. The fourth-order valence-corrected chi connectivity index (χ4v) is 3.34. The second kappa shape index (κ2) is 9.57. The second-order valence-corrected chi connectivity index (χ2v) is 8.32. The van der Waals surface area contributed by atoms with E-state index < -0.39 is 15.8 Å². The Morgan fingerprint density at radius 3 is 2.21 bits per heavy atom. The molecule has 0 aliphatic carbocycles. The van der Waals surface area contributed by atoms with Gasteiger partial charge in [0.25, 0.3) is 0 Å². The normalized spacial score (nSPS) is 12.3. The zero-order valence-electron chi connectivity index (χ0n) is 16.3. The molecule has 7 nitrogen and oxygen atoms in total. The topological polar surface area (TPSA) is 88.1 Å². The van der Waals surface area contributed by atoms with E-state index in [4.69, 9.17) is 18.9 Å². The van der Waals surface area contributed by atoms with E-state index in [-0.39, 0.29) is 22.3 Å². The fraction of sp³-hybridized carbons (Fsp3) is 0.350. The summed E-state index contributed by atoms with van der Waals surface area (Å²) in [6.45, 7) is 3.80. The van der Waals surface area contributed by atoms with Gasteiger partial charge in [-0.15, -0.1) is 0 Å². The van der Waals surface area contributed by atoms with Crippen LogP contribution in [-0.4, -0.2) is 47.1 Å². The van der Waals surface area contributed by atoms with Crippen LogP contribution < -0.4 is 9.47 Å². The van der Waals surface area contributed by atoms with Crippen molar-refractivity contribution in [2.24, 2.45) is 0 Å². The van der Waals surface area contributed by atoms with Gasteiger partial charge in [-0.3, -0.25) is 0 Å². The molecule has 0 spiro atoms. The van der Waals surface area contributed by atoms with Crippen LogP contribution in [0.3, 0.4) is 0 Å². The van der Waals surface area contributed by atoms with E-state index in [0.29, 0.717) is 23.9 Å². The number of ether oxygens (including phenoxy) is 4. The molecule has 0 fully saturated rings. The number of rotatable bonds is 9. The molecule has 0 bridgehead atoms. The number of carbonyl (C=O) groups is 1. The lowest BCUT2D eigenvalue weighted by Gasteiger charge is -2.16. The number of methoxy groups -OCH3 is 2. The van der Waals surface area contributed by atoms with Crippen molar-refractivity contribution in [1.82, 2.24) is 0 Å². The van der Waals surface area contributed by atoms with Crippen LogP contribution >= 0.6 is 0 Å². The maximum atomic E-state index is 11.9. The number of hydrogen-bond acceptors (Lipinski definition) is 7. The van der Waals surface area contributed by atoms with Crippen molar-refractivity contribution >= 4 is 15.8 Å². The highest BCUT2D eigenvalue weighted by molar-refractivity contribution is 7.91. The first-order valence-corrected chi connectivity index (χ1v) is 10.3. The number of sulfone groups is 1. The predicted octanol–water partition coefficient (Wildman–Crippen LogP) is 3.47. The van der Waals surface area contributed by atoms with Crippen molar-refractivity contribution in [3.63, 3.8) is 0 Å². The molecule has 0 aromatic heterocycles. The molecule has 28 heavy (non-hydrogen) atoms. The highest BCUT2D eigenvalue weighted by atomic mass is 32.2. The smallest absolute Gasteiger partial charge is 0.338 e. The van der Waals surface area contributed by atoms with Crippen LogP contribution in [0.25, 0.3) is 0 Å². The first-order chi connectivity index (χ1) is 13.3.